The van der Waals surface area contributed by atoms with Gasteiger partial charge in [-0.2, -0.15) is 0 Å². The van der Waals surface area contributed by atoms with Gasteiger partial charge in [-0.25, -0.2) is 14.8 Å². The largest absolute Gasteiger partial charge is 0.508 e. The first-order chi connectivity index (χ1) is 15.3. The molecule has 0 atom stereocenters. The predicted molar refractivity (Wildman–Crippen MR) is 117 cm³/mol. The SMILES string of the molecule is Cn1c(=O)c2nc(C(=O)NCCCCCNC(=O)c3ccc(O)cc3)cnc2n(C)c1=O. The molecule has 2 heterocycles. The van der Waals surface area contributed by atoms with Crippen LogP contribution in [0.25, 0.3) is 11.2 Å². The molecule has 0 aliphatic heterocycles. The molecule has 1 aromatic carbocycles. The van der Waals surface area contributed by atoms with Gasteiger partial charge in [0.2, 0.25) is 0 Å². The van der Waals surface area contributed by atoms with Crippen molar-refractivity contribution in [1.82, 2.24) is 29.7 Å². The summed E-state index contributed by atoms with van der Waals surface area (Å²) < 4.78 is 2.12. The lowest BCUT2D eigenvalue weighted by Crippen LogP contribution is -2.38. The fourth-order valence-corrected chi connectivity index (χ4v) is 3.08. The van der Waals surface area contributed by atoms with Gasteiger partial charge in [-0.3, -0.25) is 23.5 Å². The van der Waals surface area contributed by atoms with Crippen molar-refractivity contribution in [2.75, 3.05) is 13.1 Å². The second-order valence-electron chi connectivity index (χ2n) is 7.25. The predicted octanol–water partition coefficient (Wildman–Crippen LogP) is 0.0629. The van der Waals surface area contributed by atoms with Gasteiger partial charge in [0.05, 0.1) is 6.20 Å². The lowest BCUT2D eigenvalue weighted by atomic mass is 10.2. The average molecular weight is 440 g/mol. The molecule has 0 radical (unpaired) electrons. The van der Waals surface area contributed by atoms with Crippen molar-refractivity contribution < 1.29 is 14.7 Å². The van der Waals surface area contributed by atoms with Gasteiger partial charge in [0, 0.05) is 32.7 Å². The Balaban J connectivity index is 1.44. The van der Waals surface area contributed by atoms with Gasteiger partial charge in [0.1, 0.15) is 11.4 Å². The number of hydrogen-bond donors (Lipinski definition) is 3. The zero-order valence-electron chi connectivity index (χ0n) is 17.8. The first-order valence-corrected chi connectivity index (χ1v) is 10.1. The van der Waals surface area contributed by atoms with Crippen molar-refractivity contribution in [3.63, 3.8) is 0 Å². The molecule has 168 valence electrons. The molecule has 0 aliphatic carbocycles. The molecular formula is C21H24N6O5. The van der Waals surface area contributed by atoms with E-state index in [1.807, 2.05) is 0 Å². The van der Waals surface area contributed by atoms with Gasteiger partial charge in [-0.15, -0.1) is 0 Å². The molecule has 3 aromatic rings. The summed E-state index contributed by atoms with van der Waals surface area (Å²) in [5, 5.41) is 14.8. The summed E-state index contributed by atoms with van der Waals surface area (Å²) in [4.78, 5) is 56.6. The van der Waals surface area contributed by atoms with E-state index >= 15 is 0 Å². The highest BCUT2D eigenvalue weighted by Crippen LogP contribution is 2.09. The zero-order valence-corrected chi connectivity index (χ0v) is 17.8. The number of aryl methyl sites for hydroxylation is 1. The number of amides is 2. The lowest BCUT2D eigenvalue weighted by Gasteiger charge is -2.08. The molecule has 3 rings (SSSR count). The van der Waals surface area contributed by atoms with Crippen molar-refractivity contribution >= 4 is 23.0 Å². The van der Waals surface area contributed by atoms with E-state index in [2.05, 4.69) is 20.6 Å². The van der Waals surface area contributed by atoms with Gasteiger partial charge in [0.25, 0.3) is 17.4 Å². The van der Waals surface area contributed by atoms with Crippen LogP contribution in [0, 0.1) is 0 Å². The van der Waals surface area contributed by atoms with Crippen molar-refractivity contribution in [3.8, 4) is 5.75 Å². The van der Waals surface area contributed by atoms with Crippen LogP contribution in [0.2, 0.25) is 0 Å². The molecule has 2 amide bonds. The summed E-state index contributed by atoms with van der Waals surface area (Å²) in [7, 11) is 2.82. The molecule has 0 saturated carbocycles. The van der Waals surface area contributed by atoms with E-state index in [1.165, 1.54) is 37.0 Å². The van der Waals surface area contributed by atoms with Gasteiger partial charge in [0.15, 0.2) is 11.2 Å². The second kappa shape index (κ2) is 9.86. The van der Waals surface area contributed by atoms with Crippen LogP contribution < -0.4 is 21.9 Å². The Hall–Kier alpha value is -4.02. The number of aromatic hydroxyl groups is 1. The number of benzene rings is 1. The molecule has 2 aromatic heterocycles. The number of nitrogens with one attached hydrogen (secondary N) is 2. The van der Waals surface area contributed by atoms with E-state index in [4.69, 9.17) is 0 Å². The van der Waals surface area contributed by atoms with E-state index in [0.717, 1.165) is 17.4 Å². The van der Waals surface area contributed by atoms with Crippen LogP contribution in [0.1, 0.15) is 40.1 Å². The third-order valence-corrected chi connectivity index (χ3v) is 4.94. The Bertz CT molecular complexity index is 1260. The van der Waals surface area contributed by atoms with E-state index in [-0.39, 0.29) is 28.5 Å². The number of carbonyl (C=O) groups is 2. The summed E-state index contributed by atoms with van der Waals surface area (Å²) in [6, 6.07) is 6.00. The Morgan fingerprint density at radius 1 is 0.938 bits per heavy atom. The molecule has 0 unspecified atom stereocenters. The monoisotopic (exact) mass is 440 g/mol. The van der Waals surface area contributed by atoms with Crippen LogP contribution >= 0.6 is 0 Å². The molecule has 0 saturated heterocycles. The minimum atomic E-state index is -0.611. The quantitative estimate of drug-likeness (QED) is 0.420. The van der Waals surface area contributed by atoms with E-state index in [9.17, 15) is 24.3 Å². The summed E-state index contributed by atoms with van der Waals surface area (Å²) in [6.45, 7) is 0.890. The fraction of sp³-hybridized carbons (Fsp3) is 0.333. The number of phenols is 1. The topological polar surface area (TPSA) is 148 Å². The number of hydrogen-bond acceptors (Lipinski definition) is 7. The Kier molecular flexibility index (Phi) is 6.98. The highest BCUT2D eigenvalue weighted by Gasteiger charge is 2.15. The van der Waals surface area contributed by atoms with Gasteiger partial charge in [-0.05, 0) is 43.5 Å². The molecule has 0 spiro atoms. The standard InChI is InChI=1S/C21H24N6O5/c1-26-17-16(20(31)27(2)21(26)32)25-15(12-24-17)19(30)23-11-5-3-4-10-22-18(29)13-6-8-14(28)9-7-13/h6-9,12,28H,3-5,10-11H2,1-2H3,(H,22,29)(H,23,30). The summed E-state index contributed by atoms with van der Waals surface area (Å²) in [5.74, 6) is -0.570. The number of aromatic nitrogens is 4. The van der Waals surface area contributed by atoms with Crippen molar-refractivity contribution in [1.29, 1.82) is 0 Å². The van der Waals surface area contributed by atoms with Gasteiger partial charge < -0.3 is 15.7 Å². The van der Waals surface area contributed by atoms with Crippen molar-refractivity contribution in [3.05, 3.63) is 62.6 Å². The fourth-order valence-electron chi connectivity index (χ4n) is 3.08. The van der Waals surface area contributed by atoms with Gasteiger partial charge in [-0.1, -0.05) is 0 Å². The first kappa shape index (κ1) is 22.7. The third-order valence-electron chi connectivity index (χ3n) is 4.94. The summed E-state index contributed by atoms with van der Waals surface area (Å²) >= 11 is 0. The Morgan fingerprint density at radius 2 is 1.56 bits per heavy atom. The average Bonchev–Trinajstić information content (AvgIpc) is 2.80. The minimum absolute atomic E-state index is 0.00518. The maximum absolute atomic E-state index is 12.3. The third kappa shape index (κ3) is 4.99. The van der Waals surface area contributed by atoms with E-state index in [1.54, 1.807) is 12.1 Å². The first-order valence-electron chi connectivity index (χ1n) is 10.1. The molecule has 3 N–H and O–H groups in total. The number of unbranched alkanes of at least 4 members (excludes halogenated alkanes) is 2. The van der Waals surface area contributed by atoms with Gasteiger partial charge >= 0.3 is 5.69 Å². The highest BCUT2D eigenvalue weighted by atomic mass is 16.3. The van der Waals surface area contributed by atoms with E-state index in [0.29, 0.717) is 25.1 Å². The molecule has 0 fully saturated rings. The normalized spacial score (nSPS) is 10.8. The van der Waals surface area contributed by atoms with Crippen LogP contribution in [0.5, 0.6) is 5.75 Å². The van der Waals surface area contributed by atoms with Crippen LogP contribution in [-0.4, -0.2) is 49.1 Å². The molecule has 0 bridgehead atoms. The van der Waals surface area contributed by atoms with Crippen LogP contribution in [0.15, 0.2) is 40.1 Å². The number of carbonyl (C=O) groups excluding carboxylic acids is 2. The summed E-state index contributed by atoms with van der Waals surface area (Å²) in [5.41, 5.74) is -0.598. The molecule has 0 aliphatic rings. The zero-order chi connectivity index (χ0) is 23.3. The minimum Gasteiger partial charge on any atom is -0.508 e. The lowest BCUT2D eigenvalue weighted by molar-refractivity contribution is 0.0944. The van der Waals surface area contributed by atoms with Crippen molar-refractivity contribution in [2.24, 2.45) is 14.1 Å². The second-order valence-corrected chi connectivity index (χ2v) is 7.25. The van der Waals surface area contributed by atoms with Crippen LogP contribution in [0.4, 0.5) is 0 Å². The highest BCUT2D eigenvalue weighted by molar-refractivity contribution is 5.94. The van der Waals surface area contributed by atoms with Crippen molar-refractivity contribution in [2.45, 2.75) is 19.3 Å². The van der Waals surface area contributed by atoms with Crippen LogP contribution in [-0.2, 0) is 14.1 Å². The van der Waals surface area contributed by atoms with E-state index < -0.39 is 17.2 Å². The molecular weight excluding hydrogens is 416 g/mol. The maximum atomic E-state index is 12.3. The Morgan fingerprint density at radius 3 is 2.22 bits per heavy atom. The molecule has 32 heavy (non-hydrogen) atoms. The number of nitrogens with zero attached hydrogens (tertiary/aromatic N) is 4. The number of phenolic OH excluding ortho intramolecular Hbond substituents is 1. The number of rotatable bonds is 8. The molecule has 11 heteroatoms. The smallest absolute Gasteiger partial charge is 0.332 e. The molecule has 11 nitrogen and oxygen atoms in total. The van der Waals surface area contributed by atoms with Crippen LogP contribution in [0.3, 0.4) is 0 Å². The Labute approximate surface area is 182 Å². The summed E-state index contributed by atoms with van der Waals surface area (Å²) in [6.07, 6.45) is 3.44. The maximum Gasteiger partial charge on any atom is 0.332 e. The number of fused-ring (bicyclic) bond motifs is 1.